The smallest absolute Gasteiger partial charge is 0.343 e. The molecule has 0 radical (unpaired) electrons. The van der Waals surface area contributed by atoms with Gasteiger partial charge in [0.1, 0.15) is 6.04 Å². The van der Waals surface area contributed by atoms with Crippen LogP contribution in [0.2, 0.25) is 5.02 Å². The molecule has 2 aromatic carbocycles. The fourth-order valence-corrected chi connectivity index (χ4v) is 7.41. The predicted molar refractivity (Wildman–Crippen MR) is 183 cm³/mol. The van der Waals surface area contributed by atoms with Crippen molar-refractivity contribution in [1.82, 2.24) is 34.8 Å². The average Bonchev–Trinajstić information content (AvgIpc) is 3.51. The number of carbonyl (C=O) groups excluding carboxylic acids is 2. The number of piperidine rings is 3. The van der Waals surface area contributed by atoms with Crippen LogP contribution in [0.5, 0.6) is 0 Å². The number of hydrogen-bond donors (Lipinski definition) is 3. The summed E-state index contributed by atoms with van der Waals surface area (Å²) in [5, 5.41) is 7.91. The van der Waals surface area contributed by atoms with Crippen molar-refractivity contribution in [2.24, 2.45) is 0 Å². The second-order valence-corrected chi connectivity index (χ2v) is 13.3. The Morgan fingerprint density at radius 1 is 0.979 bits per heavy atom. The van der Waals surface area contributed by atoms with Crippen molar-refractivity contribution in [2.75, 3.05) is 45.0 Å². The fourth-order valence-electron chi connectivity index (χ4n) is 7.17. The lowest BCUT2D eigenvalue weighted by Crippen LogP contribution is -2.56. The first-order valence-corrected chi connectivity index (χ1v) is 17.1. The van der Waals surface area contributed by atoms with Gasteiger partial charge >= 0.3 is 11.7 Å². The zero-order chi connectivity index (χ0) is 32.9. The van der Waals surface area contributed by atoms with Crippen molar-refractivity contribution >= 4 is 29.2 Å². The number of nitrogens with zero attached hydrogens (tertiary/aromatic N) is 5. The van der Waals surface area contributed by atoms with Crippen molar-refractivity contribution < 1.29 is 9.59 Å². The lowest BCUT2D eigenvalue weighted by molar-refractivity contribution is -0.134. The molecule has 4 N–H and O–H groups in total. The molecule has 0 bridgehead atoms. The first kappa shape index (κ1) is 32.7. The Morgan fingerprint density at radius 3 is 2.32 bits per heavy atom. The number of carbonyl (C=O) groups is 2. The van der Waals surface area contributed by atoms with Gasteiger partial charge < -0.3 is 25.8 Å². The third-order valence-corrected chi connectivity index (χ3v) is 10.2. The topological polar surface area (TPSA) is 133 Å². The molecule has 1 atom stereocenters. The molecule has 3 aromatic rings. The molecule has 12 heteroatoms. The van der Waals surface area contributed by atoms with E-state index >= 15 is 0 Å². The second kappa shape index (κ2) is 14.7. The number of nitrogens with one attached hydrogen (secondary N) is 2. The highest BCUT2D eigenvalue weighted by atomic mass is 35.5. The maximum Gasteiger partial charge on any atom is 0.343 e. The normalized spacial score (nSPS) is 18.9. The van der Waals surface area contributed by atoms with Crippen LogP contribution in [0, 0.1) is 12.3 Å². The number of urea groups is 1. The number of nitrogen functional groups attached to an aromatic ring is 1. The van der Waals surface area contributed by atoms with Crippen molar-refractivity contribution in [1.29, 1.82) is 0 Å². The summed E-state index contributed by atoms with van der Waals surface area (Å²) in [4.78, 5) is 49.5. The van der Waals surface area contributed by atoms with Gasteiger partial charge in [-0.25, -0.2) is 14.3 Å². The van der Waals surface area contributed by atoms with E-state index in [0.717, 1.165) is 37.1 Å². The number of aromatic amines is 1. The quantitative estimate of drug-likeness (QED) is 0.261. The number of amides is 3. The van der Waals surface area contributed by atoms with E-state index in [1.54, 1.807) is 17.0 Å². The standard InChI is InChI=1S/C35H43ClN8O3/c1-2-25-21-24(22-29(36)31(25)37)23-30(33(45)42-17-11-27(12-18-42)41-15-7-4-8-16-41)38-34(46)43-19-13-28(14-20-43)44-35(47)39-32(40-44)26-9-5-3-6-10-26/h1,3,5-6,9-10,21-22,27-28,30H,4,7-8,11-20,23,37H2,(H,38,46)(H,39,40,47)/t30-/m1/s1. The number of H-pyrrole nitrogens is 1. The summed E-state index contributed by atoms with van der Waals surface area (Å²) < 4.78 is 1.49. The molecule has 0 saturated carbocycles. The molecule has 1 aromatic heterocycles. The summed E-state index contributed by atoms with van der Waals surface area (Å²) in [6.45, 7) is 4.42. The van der Waals surface area contributed by atoms with Crippen LogP contribution in [0.25, 0.3) is 11.4 Å². The number of anilines is 1. The molecule has 4 heterocycles. The van der Waals surface area contributed by atoms with Gasteiger partial charge in [0.2, 0.25) is 5.91 Å². The van der Waals surface area contributed by atoms with Crippen molar-refractivity contribution in [3.63, 3.8) is 0 Å². The average molecular weight is 659 g/mol. The van der Waals surface area contributed by atoms with Gasteiger partial charge in [-0.05, 0) is 69.3 Å². The minimum Gasteiger partial charge on any atom is -0.397 e. The lowest BCUT2D eigenvalue weighted by atomic mass is 9.97. The molecule has 3 fully saturated rings. The van der Waals surface area contributed by atoms with Crippen molar-refractivity contribution in [3.8, 4) is 23.7 Å². The van der Waals surface area contributed by atoms with Gasteiger partial charge in [0.05, 0.1) is 16.8 Å². The molecule has 3 aliphatic heterocycles. The number of aromatic nitrogens is 3. The molecule has 11 nitrogen and oxygen atoms in total. The zero-order valence-electron chi connectivity index (χ0n) is 26.7. The Hall–Kier alpha value is -4.27. The summed E-state index contributed by atoms with van der Waals surface area (Å²) in [5.74, 6) is 2.97. The highest BCUT2D eigenvalue weighted by Gasteiger charge is 2.34. The van der Waals surface area contributed by atoms with E-state index in [1.807, 2.05) is 35.2 Å². The number of benzene rings is 2. The fraction of sp³-hybridized carbons (Fsp3) is 0.486. The highest BCUT2D eigenvalue weighted by Crippen LogP contribution is 2.27. The maximum atomic E-state index is 14.0. The number of hydrogen-bond acceptors (Lipinski definition) is 6. The van der Waals surface area contributed by atoms with E-state index in [9.17, 15) is 14.4 Å². The van der Waals surface area contributed by atoms with Crippen LogP contribution in [0.1, 0.15) is 62.1 Å². The van der Waals surface area contributed by atoms with Crippen LogP contribution in [-0.4, -0.2) is 92.8 Å². The Morgan fingerprint density at radius 2 is 1.64 bits per heavy atom. The zero-order valence-corrected chi connectivity index (χ0v) is 27.4. The minimum absolute atomic E-state index is 0.114. The highest BCUT2D eigenvalue weighted by molar-refractivity contribution is 6.33. The molecule has 0 spiro atoms. The first-order chi connectivity index (χ1) is 22.8. The van der Waals surface area contributed by atoms with Crippen molar-refractivity contribution in [2.45, 2.75) is 69.5 Å². The summed E-state index contributed by atoms with van der Waals surface area (Å²) in [6.07, 6.45) is 12.6. The van der Waals surface area contributed by atoms with E-state index in [4.69, 9.17) is 23.8 Å². The van der Waals surface area contributed by atoms with Crippen LogP contribution >= 0.6 is 11.6 Å². The van der Waals surface area contributed by atoms with Gasteiger partial charge in [-0.3, -0.25) is 9.78 Å². The molecule has 3 amide bonds. The molecule has 47 heavy (non-hydrogen) atoms. The third kappa shape index (κ3) is 7.50. The van der Waals surface area contributed by atoms with Crippen LogP contribution in [0.3, 0.4) is 0 Å². The molecule has 3 saturated heterocycles. The number of rotatable bonds is 7. The van der Waals surface area contributed by atoms with Gasteiger partial charge in [0.25, 0.3) is 0 Å². The van der Waals surface area contributed by atoms with E-state index in [0.29, 0.717) is 67.2 Å². The van der Waals surface area contributed by atoms with E-state index in [-0.39, 0.29) is 30.1 Å². The summed E-state index contributed by atoms with van der Waals surface area (Å²) >= 11 is 6.39. The molecule has 3 aliphatic rings. The maximum absolute atomic E-state index is 14.0. The SMILES string of the molecule is C#Cc1cc(C[C@@H](NC(=O)N2CCC(n3nc(-c4ccccc4)[nH]c3=O)CC2)C(=O)N2CCC(N3CCCCC3)CC2)cc(Cl)c1N. The summed E-state index contributed by atoms with van der Waals surface area (Å²) in [5.41, 5.74) is 8.13. The van der Waals surface area contributed by atoms with Crippen LogP contribution in [0.4, 0.5) is 10.5 Å². The van der Waals surface area contributed by atoms with E-state index in [2.05, 4.69) is 26.2 Å². The Labute approximate surface area is 280 Å². The van der Waals surface area contributed by atoms with Gasteiger partial charge in [-0.15, -0.1) is 11.5 Å². The van der Waals surface area contributed by atoms with E-state index < -0.39 is 6.04 Å². The van der Waals surface area contributed by atoms with Gasteiger partial charge in [-0.2, -0.15) is 0 Å². The van der Waals surface area contributed by atoms with Gasteiger partial charge in [0.15, 0.2) is 5.82 Å². The number of nitrogens with two attached hydrogens (primary N) is 1. The minimum atomic E-state index is -0.806. The number of likely N-dealkylation sites (tertiary alicyclic amines) is 3. The summed E-state index contributed by atoms with van der Waals surface area (Å²) in [6, 6.07) is 12.2. The number of halogens is 1. The summed E-state index contributed by atoms with van der Waals surface area (Å²) in [7, 11) is 0. The van der Waals surface area contributed by atoms with Crippen LogP contribution in [0.15, 0.2) is 47.3 Å². The van der Waals surface area contributed by atoms with Crippen molar-refractivity contribution in [3.05, 3.63) is 69.1 Å². The van der Waals surface area contributed by atoms with Gasteiger partial charge in [-0.1, -0.05) is 54.3 Å². The molecular weight excluding hydrogens is 616 g/mol. The lowest BCUT2D eigenvalue weighted by Gasteiger charge is -2.41. The molecule has 0 unspecified atom stereocenters. The first-order valence-electron chi connectivity index (χ1n) is 16.7. The predicted octanol–water partition coefficient (Wildman–Crippen LogP) is 3.89. The van der Waals surface area contributed by atoms with Crippen LogP contribution < -0.4 is 16.7 Å². The Balaban J connectivity index is 1.12. The van der Waals surface area contributed by atoms with Crippen LogP contribution in [-0.2, 0) is 11.2 Å². The second-order valence-electron chi connectivity index (χ2n) is 12.9. The monoisotopic (exact) mass is 658 g/mol. The van der Waals surface area contributed by atoms with Gasteiger partial charge in [0, 0.05) is 49.8 Å². The Bertz CT molecular complexity index is 1660. The number of terminal acetylenes is 1. The molecule has 248 valence electrons. The molecular formula is C35H43ClN8O3. The van der Waals surface area contributed by atoms with E-state index in [1.165, 1.54) is 23.9 Å². The third-order valence-electron chi connectivity index (χ3n) is 9.85. The molecule has 0 aliphatic carbocycles. The Kier molecular flexibility index (Phi) is 10.2. The molecule has 6 rings (SSSR count). The largest absolute Gasteiger partial charge is 0.397 e.